The minimum atomic E-state index is -2.02. The molecule has 0 heterocycles. The van der Waals surface area contributed by atoms with E-state index in [0.717, 1.165) is 77.0 Å². The van der Waals surface area contributed by atoms with Gasteiger partial charge in [0.15, 0.2) is 0 Å². The van der Waals surface area contributed by atoms with Crippen molar-refractivity contribution in [1.29, 1.82) is 0 Å². The largest absolute Gasteiger partial charge is 0.464 e. The molecule has 0 aromatic carbocycles. The van der Waals surface area contributed by atoms with Crippen molar-refractivity contribution in [1.82, 2.24) is 0 Å². The zero-order valence-electron chi connectivity index (χ0n) is 22.6. The molecular weight excluding hydrogens is 432 g/mol. The van der Waals surface area contributed by atoms with E-state index in [-0.39, 0.29) is 26.2 Å². The van der Waals surface area contributed by atoms with Crippen molar-refractivity contribution >= 4 is 17.9 Å². The molecule has 0 N–H and O–H groups in total. The van der Waals surface area contributed by atoms with E-state index in [4.69, 9.17) is 14.2 Å². The zero-order chi connectivity index (χ0) is 25.5. The molecule has 0 bridgehead atoms. The van der Waals surface area contributed by atoms with Gasteiger partial charge in [-0.3, -0.25) is 14.4 Å². The summed E-state index contributed by atoms with van der Waals surface area (Å²) >= 11 is 0. The fraction of sp³-hybridized carbons (Fsp3) is 0.893. The van der Waals surface area contributed by atoms with Crippen LogP contribution in [0.25, 0.3) is 0 Å². The van der Waals surface area contributed by atoms with Gasteiger partial charge in [0.25, 0.3) is 5.41 Å². The average Bonchev–Trinajstić information content (AvgIpc) is 2.83. The summed E-state index contributed by atoms with van der Waals surface area (Å²) in [5, 5.41) is 0. The van der Waals surface area contributed by atoms with Crippen LogP contribution in [0.5, 0.6) is 0 Å². The number of carbonyl (C=O) groups is 3. The van der Waals surface area contributed by atoms with E-state index in [1.54, 1.807) is 0 Å². The summed E-state index contributed by atoms with van der Waals surface area (Å²) in [6.45, 7) is 9.02. The standard InChI is InChI=1S/C28H52O6/c1-5-9-13-17-21-28(25(29)32-22-18-14-10-6-2,26(30)33-23-19-15-11-7-3)27(31)34-24-20-16-12-8-4/h5-24H2,1-4H3. The van der Waals surface area contributed by atoms with Gasteiger partial charge in [0.1, 0.15) is 0 Å². The van der Waals surface area contributed by atoms with Crippen molar-refractivity contribution in [3.05, 3.63) is 0 Å². The van der Waals surface area contributed by atoms with Crippen LogP contribution in [0.2, 0.25) is 0 Å². The van der Waals surface area contributed by atoms with Crippen LogP contribution in [0.3, 0.4) is 0 Å². The Labute approximate surface area is 208 Å². The predicted octanol–water partition coefficient (Wildman–Crippen LogP) is 7.31. The molecule has 0 radical (unpaired) electrons. The lowest BCUT2D eigenvalue weighted by Gasteiger charge is -2.27. The Bertz CT molecular complexity index is 466. The summed E-state index contributed by atoms with van der Waals surface area (Å²) in [5.41, 5.74) is -2.02. The fourth-order valence-corrected chi connectivity index (χ4v) is 3.82. The Kier molecular flexibility index (Phi) is 20.9. The molecule has 0 aliphatic carbocycles. The molecule has 0 atom stereocenters. The molecule has 0 fully saturated rings. The molecule has 0 unspecified atom stereocenters. The lowest BCUT2D eigenvalue weighted by atomic mass is 9.82. The average molecular weight is 485 g/mol. The molecule has 6 heteroatoms. The highest BCUT2D eigenvalue weighted by molar-refractivity contribution is 6.17. The van der Waals surface area contributed by atoms with Crippen molar-refractivity contribution < 1.29 is 28.6 Å². The minimum Gasteiger partial charge on any atom is -0.464 e. The molecule has 200 valence electrons. The Balaban J connectivity index is 5.47. The third-order valence-corrected chi connectivity index (χ3v) is 6.14. The molecule has 0 saturated heterocycles. The van der Waals surface area contributed by atoms with E-state index in [2.05, 4.69) is 27.7 Å². The van der Waals surface area contributed by atoms with Gasteiger partial charge in [0, 0.05) is 0 Å². The Hall–Kier alpha value is -1.59. The highest BCUT2D eigenvalue weighted by Gasteiger charge is 2.57. The van der Waals surface area contributed by atoms with Crippen molar-refractivity contribution in [3.63, 3.8) is 0 Å². The van der Waals surface area contributed by atoms with Crippen LogP contribution in [0, 0.1) is 5.41 Å². The van der Waals surface area contributed by atoms with Crippen molar-refractivity contribution in [2.75, 3.05) is 19.8 Å². The maximum absolute atomic E-state index is 13.3. The van der Waals surface area contributed by atoms with Gasteiger partial charge in [-0.1, -0.05) is 111 Å². The molecule has 0 aliphatic rings. The van der Waals surface area contributed by atoms with Gasteiger partial charge in [-0.15, -0.1) is 0 Å². The van der Waals surface area contributed by atoms with Gasteiger partial charge in [0.05, 0.1) is 19.8 Å². The van der Waals surface area contributed by atoms with Crippen LogP contribution in [0.1, 0.15) is 137 Å². The van der Waals surface area contributed by atoms with Crippen LogP contribution in [-0.4, -0.2) is 37.7 Å². The van der Waals surface area contributed by atoms with E-state index >= 15 is 0 Å². The van der Waals surface area contributed by atoms with Gasteiger partial charge in [-0.25, -0.2) is 0 Å². The maximum atomic E-state index is 13.3. The molecule has 0 amide bonds. The SMILES string of the molecule is CCCCCCOC(=O)C(CCCCCC)(C(=O)OCCCCCC)C(=O)OCCCCCC. The van der Waals surface area contributed by atoms with Crippen molar-refractivity contribution in [2.24, 2.45) is 5.41 Å². The van der Waals surface area contributed by atoms with Crippen LogP contribution < -0.4 is 0 Å². The van der Waals surface area contributed by atoms with Crippen LogP contribution in [0.15, 0.2) is 0 Å². The monoisotopic (exact) mass is 484 g/mol. The van der Waals surface area contributed by atoms with Crippen LogP contribution in [-0.2, 0) is 28.6 Å². The second kappa shape index (κ2) is 21.9. The number of carbonyl (C=O) groups excluding carboxylic acids is 3. The molecule has 0 aliphatic heterocycles. The number of hydrogen-bond acceptors (Lipinski definition) is 6. The summed E-state index contributed by atoms with van der Waals surface area (Å²) in [5.74, 6) is -2.42. The lowest BCUT2D eigenvalue weighted by molar-refractivity contribution is -0.185. The third-order valence-electron chi connectivity index (χ3n) is 6.14. The molecule has 6 nitrogen and oxygen atoms in total. The van der Waals surface area contributed by atoms with Gasteiger partial charge in [-0.05, 0) is 25.7 Å². The lowest BCUT2D eigenvalue weighted by Crippen LogP contribution is -2.49. The first-order valence-electron chi connectivity index (χ1n) is 14.0. The van der Waals surface area contributed by atoms with Gasteiger partial charge in [-0.2, -0.15) is 0 Å². The second-order valence-electron chi connectivity index (χ2n) is 9.31. The number of rotatable bonds is 23. The molecule has 0 rings (SSSR count). The number of esters is 3. The molecule has 0 spiro atoms. The topological polar surface area (TPSA) is 78.9 Å². The minimum absolute atomic E-state index is 0.0718. The molecule has 34 heavy (non-hydrogen) atoms. The van der Waals surface area contributed by atoms with E-state index in [1.165, 1.54) is 0 Å². The predicted molar refractivity (Wildman–Crippen MR) is 136 cm³/mol. The van der Waals surface area contributed by atoms with E-state index < -0.39 is 23.3 Å². The first kappa shape index (κ1) is 32.4. The van der Waals surface area contributed by atoms with Crippen LogP contribution >= 0.6 is 0 Å². The fourth-order valence-electron chi connectivity index (χ4n) is 3.82. The van der Waals surface area contributed by atoms with E-state index in [9.17, 15) is 14.4 Å². The Morgan fingerprint density at radius 2 is 0.735 bits per heavy atom. The third kappa shape index (κ3) is 13.3. The first-order chi connectivity index (χ1) is 16.5. The summed E-state index contributed by atoms with van der Waals surface area (Å²) in [6, 6.07) is 0. The summed E-state index contributed by atoms with van der Waals surface area (Å²) in [7, 11) is 0. The number of unbranched alkanes of at least 4 members (excludes halogenated alkanes) is 12. The maximum Gasteiger partial charge on any atom is 0.335 e. The number of hydrogen-bond donors (Lipinski definition) is 0. The second-order valence-corrected chi connectivity index (χ2v) is 9.31. The van der Waals surface area contributed by atoms with E-state index in [0.29, 0.717) is 25.7 Å². The highest BCUT2D eigenvalue weighted by atomic mass is 16.6. The summed E-state index contributed by atoms with van der Waals surface area (Å²) < 4.78 is 16.5. The van der Waals surface area contributed by atoms with Crippen molar-refractivity contribution in [3.8, 4) is 0 Å². The van der Waals surface area contributed by atoms with Crippen molar-refractivity contribution in [2.45, 2.75) is 137 Å². The summed E-state index contributed by atoms with van der Waals surface area (Å²) in [4.78, 5) is 39.9. The normalized spacial score (nSPS) is 11.3. The summed E-state index contributed by atoms with van der Waals surface area (Å²) in [6.07, 6.45) is 14.8. The molecule has 0 aromatic heterocycles. The van der Waals surface area contributed by atoms with Gasteiger partial charge >= 0.3 is 17.9 Å². The first-order valence-corrected chi connectivity index (χ1v) is 14.0. The van der Waals surface area contributed by atoms with E-state index in [1.807, 2.05) is 0 Å². The van der Waals surface area contributed by atoms with Gasteiger partial charge in [0.2, 0.25) is 0 Å². The highest BCUT2D eigenvalue weighted by Crippen LogP contribution is 2.32. The zero-order valence-corrected chi connectivity index (χ0v) is 22.6. The number of ether oxygens (including phenoxy) is 3. The molecule has 0 aromatic rings. The Morgan fingerprint density at radius 1 is 0.441 bits per heavy atom. The smallest absolute Gasteiger partial charge is 0.335 e. The molecular formula is C28H52O6. The van der Waals surface area contributed by atoms with Crippen LogP contribution in [0.4, 0.5) is 0 Å². The van der Waals surface area contributed by atoms with Gasteiger partial charge < -0.3 is 14.2 Å². The molecule has 0 saturated carbocycles. The Morgan fingerprint density at radius 3 is 1.03 bits per heavy atom. The quantitative estimate of drug-likeness (QED) is 0.0654.